The van der Waals surface area contributed by atoms with E-state index in [1.165, 1.54) is 50.1 Å². The molecule has 0 spiro atoms. The SMILES string of the molecule is COc1cc(CN2C(=O)/C(=C\c3ccc(-c4ccc(C(=O)O)cc4)o3)SC2=S)cc(OC)c1OC. The van der Waals surface area contributed by atoms with E-state index in [2.05, 4.69) is 0 Å². The molecule has 0 saturated carbocycles. The van der Waals surface area contributed by atoms with Crippen LogP contribution in [0.3, 0.4) is 0 Å². The van der Waals surface area contributed by atoms with Crippen molar-refractivity contribution >= 4 is 46.3 Å². The van der Waals surface area contributed by atoms with Gasteiger partial charge in [0.2, 0.25) is 5.75 Å². The lowest BCUT2D eigenvalue weighted by atomic mass is 10.1. The lowest BCUT2D eigenvalue weighted by molar-refractivity contribution is -0.122. The minimum absolute atomic E-state index is 0.191. The number of carboxylic acids is 1. The molecule has 1 fully saturated rings. The second kappa shape index (κ2) is 10.2. The predicted octanol–water partition coefficient (Wildman–Crippen LogP) is 5.07. The van der Waals surface area contributed by atoms with Crippen LogP contribution in [-0.2, 0) is 11.3 Å². The molecular weight excluding hydrogens is 490 g/mol. The zero-order chi connectivity index (χ0) is 25.1. The minimum atomic E-state index is -0.995. The topological polar surface area (TPSA) is 98.4 Å². The van der Waals surface area contributed by atoms with Gasteiger partial charge in [0.1, 0.15) is 15.8 Å². The molecule has 0 radical (unpaired) electrons. The van der Waals surface area contributed by atoms with Crippen molar-refractivity contribution < 1.29 is 33.3 Å². The molecule has 1 aromatic heterocycles. The Morgan fingerprint density at radius 2 is 1.71 bits per heavy atom. The normalized spacial score (nSPS) is 14.5. The van der Waals surface area contributed by atoms with E-state index in [0.29, 0.717) is 38.0 Å². The van der Waals surface area contributed by atoms with E-state index in [0.717, 1.165) is 11.1 Å². The first kappa shape index (κ1) is 24.4. The van der Waals surface area contributed by atoms with Crippen LogP contribution in [0.25, 0.3) is 17.4 Å². The van der Waals surface area contributed by atoms with Crippen LogP contribution in [0.2, 0.25) is 0 Å². The highest BCUT2D eigenvalue weighted by molar-refractivity contribution is 8.26. The van der Waals surface area contributed by atoms with Crippen molar-refractivity contribution in [3.63, 3.8) is 0 Å². The zero-order valence-corrected chi connectivity index (χ0v) is 20.7. The summed E-state index contributed by atoms with van der Waals surface area (Å²) in [5.41, 5.74) is 1.68. The number of carboxylic acid groups (broad SMARTS) is 1. The van der Waals surface area contributed by atoms with Crippen LogP contribution in [0.15, 0.2) is 57.9 Å². The fourth-order valence-corrected chi connectivity index (χ4v) is 4.77. The van der Waals surface area contributed by atoms with Gasteiger partial charge in [-0.05, 0) is 42.0 Å². The molecule has 180 valence electrons. The molecule has 0 unspecified atom stereocenters. The van der Waals surface area contributed by atoms with Crippen LogP contribution in [0.4, 0.5) is 0 Å². The van der Waals surface area contributed by atoms with Crippen LogP contribution >= 0.6 is 24.0 Å². The molecule has 1 aliphatic heterocycles. The molecule has 0 atom stereocenters. The molecule has 1 aliphatic rings. The summed E-state index contributed by atoms with van der Waals surface area (Å²) in [6.07, 6.45) is 1.64. The van der Waals surface area contributed by atoms with Crippen molar-refractivity contribution in [3.05, 3.63) is 70.3 Å². The third kappa shape index (κ3) is 5.03. The summed E-state index contributed by atoms with van der Waals surface area (Å²) in [6.45, 7) is 0.234. The van der Waals surface area contributed by atoms with Crippen LogP contribution in [-0.4, -0.2) is 47.5 Å². The van der Waals surface area contributed by atoms with Crippen molar-refractivity contribution in [2.75, 3.05) is 21.3 Å². The van der Waals surface area contributed by atoms with E-state index >= 15 is 0 Å². The first-order chi connectivity index (χ1) is 16.8. The molecule has 0 aliphatic carbocycles. The standard InChI is InChI=1S/C25H21NO7S2/c1-30-19-10-14(11-20(31-2)22(19)32-3)13-26-23(27)21(35-25(26)34)12-17-8-9-18(33-17)15-4-6-16(7-5-15)24(28)29/h4-12H,13H2,1-3H3,(H,28,29)/b21-12+. The van der Waals surface area contributed by atoms with Crippen molar-refractivity contribution in [2.45, 2.75) is 6.54 Å². The summed E-state index contributed by atoms with van der Waals surface area (Å²) in [7, 11) is 4.58. The molecular formula is C25H21NO7S2. The van der Waals surface area contributed by atoms with Crippen molar-refractivity contribution in [1.29, 1.82) is 0 Å². The van der Waals surface area contributed by atoms with Crippen LogP contribution < -0.4 is 14.2 Å². The highest BCUT2D eigenvalue weighted by Gasteiger charge is 2.33. The molecule has 35 heavy (non-hydrogen) atoms. The largest absolute Gasteiger partial charge is 0.493 e. The van der Waals surface area contributed by atoms with E-state index < -0.39 is 5.97 Å². The van der Waals surface area contributed by atoms with Gasteiger partial charge in [0.05, 0.1) is 38.3 Å². The van der Waals surface area contributed by atoms with Crippen molar-refractivity contribution in [1.82, 2.24) is 4.90 Å². The Labute approximate surface area is 211 Å². The molecule has 4 rings (SSSR count). The Bertz CT molecular complexity index is 1300. The Kier molecular flexibility index (Phi) is 7.13. The number of benzene rings is 2. The maximum Gasteiger partial charge on any atom is 0.335 e. The third-order valence-electron chi connectivity index (χ3n) is 5.26. The van der Waals surface area contributed by atoms with E-state index in [1.807, 2.05) is 0 Å². The van der Waals surface area contributed by atoms with Crippen LogP contribution in [0.1, 0.15) is 21.7 Å². The van der Waals surface area contributed by atoms with Gasteiger partial charge in [-0.1, -0.05) is 36.1 Å². The number of rotatable bonds is 8. The van der Waals surface area contributed by atoms with E-state index in [1.54, 1.807) is 42.5 Å². The number of methoxy groups -OCH3 is 3. The minimum Gasteiger partial charge on any atom is -0.493 e. The number of thioether (sulfide) groups is 1. The second-order valence-electron chi connectivity index (χ2n) is 7.39. The number of thiocarbonyl (C=S) groups is 1. The number of amides is 1. The fourth-order valence-electron chi connectivity index (χ4n) is 3.54. The van der Waals surface area contributed by atoms with Gasteiger partial charge in [-0.2, -0.15) is 0 Å². The Balaban J connectivity index is 1.53. The van der Waals surface area contributed by atoms with Crippen molar-refractivity contribution in [3.8, 4) is 28.6 Å². The number of furan rings is 1. The smallest absolute Gasteiger partial charge is 0.335 e. The molecule has 1 N–H and O–H groups in total. The molecule has 8 nitrogen and oxygen atoms in total. The number of carbonyl (C=O) groups is 2. The van der Waals surface area contributed by atoms with Gasteiger partial charge in [0, 0.05) is 11.6 Å². The first-order valence-electron chi connectivity index (χ1n) is 10.3. The molecule has 3 aromatic rings. The quantitative estimate of drug-likeness (QED) is 0.328. The van der Waals surface area contributed by atoms with E-state index in [-0.39, 0.29) is 18.0 Å². The van der Waals surface area contributed by atoms with E-state index in [4.69, 9.17) is 36.0 Å². The van der Waals surface area contributed by atoms with Gasteiger partial charge in [0.25, 0.3) is 5.91 Å². The predicted molar refractivity (Wildman–Crippen MR) is 136 cm³/mol. The molecule has 2 aromatic carbocycles. The number of hydrogen-bond donors (Lipinski definition) is 1. The number of hydrogen-bond acceptors (Lipinski definition) is 8. The molecule has 2 heterocycles. The second-order valence-corrected chi connectivity index (χ2v) is 9.06. The maximum absolute atomic E-state index is 13.1. The Morgan fingerprint density at radius 1 is 1.06 bits per heavy atom. The van der Waals surface area contributed by atoms with Gasteiger partial charge in [-0.3, -0.25) is 9.69 Å². The van der Waals surface area contributed by atoms with E-state index in [9.17, 15) is 9.59 Å². The lowest BCUT2D eigenvalue weighted by Gasteiger charge is -2.18. The summed E-state index contributed by atoms with van der Waals surface area (Å²) in [4.78, 5) is 26.1. The fraction of sp³-hybridized carbons (Fsp3) is 0.160. The monoisotopic (exact) mass is 511 g/mol. The third-order valence-corrected chi connectivity index (χ3v) is 6.63. The molecule has 10 heteroatoms. The Hall–Kier alpha value is -3.76. The van der Waals surface area contributed by atoms with Gasteiger partial charge in [-0.15, -0.1) is 0 Å². The molecule has 1 saturated heterocycles. The number of aromatic carboxylic acids is 1. The number of carbonyl (C=O) groups excluding carboxylic acids is 1. The number of ether oxygens (including phenoxy) is 3. The maximum atomic E-state index is 13.1. The number of nitrogens with zero attached hydrogens (tertiary/aromatic N) is 1. The molecule has 0 bridgehead atoms. The average Bonchev–Trinajstić information content (AvgIpc) is 3.43. The summed E-state index contributed by atoms with van der Waals surface area (Å²) < 4.78 is 22.4. The average molecular weight is 512 g/mol. The van der Waals surface area contributed by atoms with Gasteiger partial charge >= 0.3 is 5.97 Å². The van der Waals surface area contributed by atoms with Gasteiger partial charge in [-0.25, -0.2) is 4.79 Å². The first-order valence-corrected chi connectivity index (χ1v) is 11.5. The van der Waals surface area contributed by atoms with Gasteiger partial charge < -0.3 is 23.7 Å². The van der Waals surface area contributed by atoms with Crippen LogP contribution in [0.5, 0.6) is 17.2 Å². The lowest BCUT2D eigenvalue weighted by Crippen LogP contribution is -2.27. The summed E-state index contributed by atoms with van der Waals surface area (Å²) in [5, 5.41) is 9.05. The highest BCUT2D eigenvalue weighted by atomic mass is 32.2. The zero-order valence-electron chi connectivity index (χ0n) is 19.1. The summed E-state index contributed by atoms with van der Waals surface area (Å²) in [6, 6.07) is 13.4. The van der Waals surface area contributed by atoms with Gasteiger partial charge in [0.15, 0.2) is 11.5 Å². The summed E-state index contributed by atoms with van der Waals surface area (Å²) in [5.74, 6) is 1.25. The van der Waals surface area contributed by atoms with Crippen LogP contribution in [0, 0.1) is 0 Å². The highest BCUT2D eigenvalue weighted by Crippen LogP contribution is 2.40. The molecule has 1 amide bonds. The summed E-state index contributed by atoms with van der Waals surface area (Å²) >= 11 is 6.65. The van der Waals surface area contributed by atoms with Crippen molar-refractivity contribution in [2.24, 2.45) is 0 Å². The Morgan fingerprint density at radius 3 is 2.29 bits per heavy atom.